The van der Waals surface area contributed by atoms with E-state index in [-0.39, 0.29) is 4.90 Å². The van der Waals surface area contributed by atoms with Gasteiger partial charge in [-0.05, 0) is 34.4 Å². The standard InChI is InChI=1S/C15H12O4S/c1-18-19-20(16,17)15-8-4-7-13-9-11-5-2-3-6-12(11)10-14(13)15/h2-10H,1H3. The van der Waals surface area contributed by atoms with Crippen molar-refractivity contribution < 1.29 is 17.6 Å². The topological polar surface area (TPSA) is 52.6 Å². The minimum Gasteiger partial charge on any atom is -0.223 e. The molecule has 5 heteroatoms. The van der Waals surface area contributed by atoms with Gasteiger partial charge in [-0.15, -0.1) is 4.33 Å². The Kier molecular flexibility index (Phi) is 3.17. The van der Waals surface area contributed by atoms with Gasteiger partial charge in [-0.25, -0.2) is 4.89 Å². The zero-order valence-electron chi connectivity index (χ0n) is 10.7. The first-order valence-electron chi connectivity index (χ1n) is 6.01. The van der Waals surface area contributed by atoms with Crippen molar-refractivity contribution in [3.8, 4) is 0 Å². The number of fused-ring (bicyclic) bond motifs is 2. The molecule has 0 aliphatic rings. The lowest BCUT2D eigenvalue weighted by Crippen LogP contribution is -2.06. The van der Waals surface area contributed by atoms with Crippen LogP contribution in [0, 0.1) is 0 Å². The van der Waals surface area contributed by atoms with Crippen molar-refractivity contribution in [2.75, 3.05) is 7.11 Å². The predicted octanol–water partition coefficient (Wildman–Crippen LogP) is 3.26. The SMILES string of the molecule is COOS(=O)(=O)c1cccc2cc3ccccc3cc12. The summed E-state index contributed by atoms with van der Waals surface area (Å²) in [5, 5.41) is 3.48. The van der Waals surface area contributed by atoms with Crippen LogP contribution in [-0.4, -0.2) is 15.5 Å². The maximum atomic E-state index is 12.0. The fourth-order valence-electron chi connectivity index (χ4n) is 2.28. The van der Waals surface area contributed by atoms with E-state index in [1.165, 1.54) is 6.07 Å². The van der Waals surface area contributed by atoms with Crippen molar-refractivity contribution in [3.63, 3.8) is 0 Å². The average molecular weight is 288 g/mol. The van der Waals surface area contributed by atoms with Gasteiger partial charge in [-0.1, -0.05) is 36.4 Å². The average Bonchev–Trinajstić information content (AvgIpc) is 2.44. The second-order valence-electron chi connectivity index (χ2n) is 4.37. The van der Waals surface area contributed by atoms with Crippen LogP contribution in [0.4, 0.5) is 0 Å². The van der Waals surface area contributed by atoms with Gasteiger partial charge in [0.15, 0.2) is 0 Å². The van der Waals surface area contributed by atoms with Gasteiger partial charge in [0.1, 0.15) is 4.90 Å². The summed E-state index contributed by atoms with van der Waals surface area (Å²) < 4.78 is 28.5. The van der Waals surface area contributed by atoms with Gasteiger partial charge in [0.25, 0.3) is 0 Å². The zero-order chi connectivity index (χ0) is 14.2. The van der Waals surface area contributed by atoms with Crippen LogP contribution >= 0.6 is 0 Å². The smallest absolute Gasteiger partial charge is 0.223 e. The summed E-state index contributed by atoms with van der Waals surface area (Å²) >= 11 is 0. The van der Waals surface area contributed by atoms with E-state index in [1.807, 2.05) is 42.5 Å². The number of rotatable bonds is 3. The molecule has 4 nitrogen and oxygen atoms in total. The molecule has 3 aromatic carbocycles. The Labute approximate surface area is 116 Å². The molecule has 0 bridgehead atoms. The molecule has 0 atom stereocenters. The van der Waals surface area contributed by atoms with Crippen LogP contribution in [0.3, 0.4) is 0 Å². The monoisotopic (exact) mass is 288 g/mol. The van der Waals surface area contributed by atoms with E-state index in [4.69, 9.17) is 0 Å². The molecule has 0 aliphatic carbocycles. The highest BCUT2D eigenvalue weighted by molar-refractivity contribution is 7.86. The molecule has 102 valence electrons. The predicted molar refractivity (Wildman–Crippen MR) is 76.7 cm³/mol. The first-order valence-corrected chi connectivity index (χ1v) is 7.41. The van der Waals surface area contributed by atoms with Crippen LogP contribution in [0.5, 0.6) is 0 Å². The van der Waals surface area contributed by atoms with Crippen LogP contribution in [0.1, 0.15) is 0 Å². The molecular formula is C15H12O4S. The third kappa shape index (κ3) is 2.16. The molecule has 3 rings (SSSR count). The first-order chi connectivity index (χ1) is 9.62. The fraction of sp³-hybridized carbons (Fsp3) is 0.0667. The molecule has 0 saturated carbocycles. The number of hydrogen-bond acceptors (Lipinski definition) is 4. The minimum absolute atomic E-state index is 0.0996. The van der Waals surface area contributed by atoms with Gasteiger partial charge in [0, 0.05) is 5.39 Å². The van der Waals surface area contributed by atoms with E-state index in [9.17, 15) is 8.42 Å². The van der Waals surface area contributed by atoms with E-state index in [1.54, 1.807) is 6.07 Å². The summed E-state index contributed by atoms with van der Waals surface area (Å²) in [6.07, 6.45) is 0. The molecule has 3 aromatic rings. The van der Waals surface area contributed by atoms with Crippen molar-refractivity contribution in [1.29, 1.82) is 0 Å². The van der Waals surface area contributed by atoms with E-state index in [0.717, 1.165) is 23.3 Å². The van der Waals surface area contributed by atoms with Crippen molar-refractivity contribution in [2.45, 2.75) is 4.90 Å². The van der Waals surface area contributed by atoms with E-state index >= 15 is 0 Å². The maximum Gasteiger partial charge on any atom is 0.323 e. The first kappa shape index (κ1) is 13.1. The molecule has 0 aromatic heterocycles. The van der Waals surface area contributed by atoms with Crippen LogP contribution in [0.15, 0.2) is 59.5 Å². The quantitative estimate of drug-likeness (QED) is 0.422. The van der Waals surface area contributed by atoms with Gasteiger partial charge in [-0.3, -0.25) is 0 Å². The van der Waals surface area contributed by atoms with E-state index in [0.29, 0.717) is 5.39 Å². The summed E-state index contributed by atoms with van der Waals surface area (Å²) in [6.45, 7) is 0. The molecule has 0 amide bonds. The lowest BCUT2D eigenvalue weighted by atomic mass is 10.0. The van der Waals surface area contributed by atoms with E-state index < -0.39 is 10.1 Å². The van der Waals surface area contributed by atoms with Crippen LogP contribution in [-0.2, 0) is 19.3 Å². The van der Waals surface area contributed by atoms with Gasteiger partial charge in [0.05, 0.1) is 7.11 Å². The van der Waals surface area contributed by atoms with Gasteiger partial charge < -0.3 is 0 Å². The minimum atomic E-state index is -3.93. The van der Waals surface area contributed by atoms with Gasteiger partial charge in [0.2, 0.25) is 0 Å². The molecule has 0 unspecified atom stereocenters. The van der Waals surface area contributed by atoms with Gasteiger partial charge in [-0.2, -0.15) is 8.42 Å². The Bertz CT molecular complexity index is 885. The summed E-state index contributed by atoms with van der Waals surface area (Å²) in [4.78, 5) is 4.41. The zero-order valence-corrected chi connectivity index (χ0v) is 11.6. The van der Waals surface area contributed by atoms with Crippen molar-refractivity contribution in [3.05, 3.63) is 54.6 Å². The lowest BCUT2D eigenvalue weighted by Gasteiger charge is -2.08. The molecule has 0 aliphatic heterocycles. The Morgan fingerprint density at radius 3 is 2.20 bits per heavy atom. The lowest BCUT2D eigenvalue weighted by molar-refractivity contribution is -0.172. The van der Waals surface area contributed by atoms with Crippen molar-refractivity contribution in [1.82, 2.24) is 0 Å². The highest BCUT2D eigenvalue weighted by Gasteiger charge is 2.19. The summed E-state index contributed by atoms with van der Waals surface area (Å²) in [5.41, 5.74) is 0. The van der Waals surface area contributed by atoms with Crippen molar-refractivity contribution in [2.24, 2.45) is 0 Å². The summed E-state index contributed by atoms with van der Waals surface area (Å²) in [7, 11) is -2.76. The Balaban J connectivity index is 2.36. The number of hydrogen-bond donors (Lipinski definition) is 0. The summed E-state index contributed by atoms with van der Waals surface area (Å²) in [5.74, 6) is 0. The highest BCUT2D eigenvalue weighted by Crippen LogP contribution is 2.28. The van der Waals surface area contributed by atoms with Crippen molar-refractivity contribution >= 4 is 31.7 Å². The molecule has 0 spiro atoms. The Hall–Kier alpha value is -1.95. The largest absolute Gasteiger partial charge is 0.323 e. The second kappa shape index (κ2) is 4.86. The van der Waals surface area contributed by atoms with Crippen LogP contribution in [0.2, 0.25) is 0 Å². The normalized spacial score (nSPS) is 12.1. The third-order valence-electron chi connectivity index (χ3n) is 3.13. The molecule has 0 N–H and O–H groups in total. The molecule has 0 radical (unpaired) electrons. The molecule has 0 saturated heterocycles. The molecule has 0 fully saturated rings. The van der Waals surface area contributed by atoms with E-state index in [2.05, 4.69) is 9.22 Å². The fourth-order valence-corrected chi connectivity index (χ4v) is 3.23. The van der Waals surface area contributed by atoms with Crippen LogP contribution < -0.4 is 0 Å². The second-order valence-corrected chi connectivity index (χ2v) is 5.85. The molecule has 0 heterocycles. The third-order valence-corrected chi connectivity index (χ3v) is 4.34. The summed E-state index contributed by atoms with van der Waals surface area (Å²) in [6, 6.07) is 16.6. The number of benzene rings is 3. The highest BCUT2D eigenvalue weighted by atomic mass is 32.2. The van der Waals surface area contributed by atoms with Gasteiger partial charge >= 0.3 is 10.1 Å². The van der Waals surface area contributed by atoms with Crippen LogP contribution in [0.25, 0.3) is 21.5 Å². The maximum absolute atomic E-state index is 12.0. The Morgan fingerprint density at radius 2 is 1.50 bits per heavy atom. The molecule has 20 heavy (non-hydrogen) atoms. The molecular weight excluding hydrogens is 276 g/mol. The Morgan fingerprint density at radius 1 is 0.850 bits per heavy atom.